The monoisotopic (exact) mass is 309 g/mol. The first-order valence-electron chi connectivity index (χ1n) is 5.76. The average Bonchev–Trinajstić information content (AvgIpc) is 2.85. The van der Waals surface area contributed by atoms with Crippen LogP contribution in [-0.4, -0.2) is 6.54 Å². The van der Waals surface area contributed by atoms with E-state index >= 15 is 0 Å². The molecule has 2 N–H and O–H groups in total. The van der Waals surface area contributed by atoms with Crippen LogP contribution in [0.3, 0.4) is 0 Å². The molecule has 0 spiro atoms. The molecular weight excluding hydrogens is 294 g/mol. The highest BCUT2D eigenvalue weighted by atomic mass is 79.9. The second-order valence-electron chi connectivity index (χ2n) is 4.15. The first kappa shape index (κ1) is 12.8. The Bertz CT molecular complexity index is 436. The number of thiophene rings is 1. The van der Waals surface area contributed by atoms with Crippen LogP contribution in [0.4, 0.5) is 0 Å². The Morgan fingerprint density at radius 1 is 1.18 bits per heavy atom. The van der Waals surface area contributed by atoms with Crippen LogP contribution in [0.15, 0.2) is 45.6 Å². The molecule has 2 rings (SSSR count). The Kier molecular flexibility index (Phi) is 4.77. The lowest BCUT2D eigenvalue weighted by atomic mass is 9.93. The molecule has 1 heterocycles. The van der Waals surface area contributed by atoms with E-state index in [1.807, 2.05) is 0 Å². The Morgan fingerprint density at radius 3 is 2.53 bits per heavy atom. The van der Waals surface area contributed by atoms with E-state index in [0.717, 1.165) is 17.3 Å². The van der Waals surface area contributed by atoms with E-state index in [-0.39, 0.29) is 0 Å². The van der Waals surface area contributed by atoms with Crippen LogP contribution in [0.1, 0.15) is 23.5 Å². The van der Waals surface area contributed by atoms with Crippen LogP contribution in [0.5, 0.6) is 0 Å². The molecule has 0 saturated heterocycles. The zero-order valence-electron chi connectivity index (χ0n) is 9.60. The lowest BCUT2D eigenvalue weighted by Crippen LogP contribution is -2.13. The van der Waals surface area contributed by atoms with Gasteiger partial charge < -0.3 is 5.73 Å². The van der Waals surface area contributed by atoms with Crippen molar-refractivity contribution in [2.24, 2.45) is 5.73 Å². The molecule has 0 amide bonds. The molecule has 0 fully saturated rings. The second kappa shape index (κ2) is 6.34. The predicted octanol–water partition coefficient (Wildman–Crippen LogP) is 4.19. The average molecular weight is 310 g/mol. The first-order valence-corrected chi connectivity index (χ1v) is 7.50. The highest BCUT2D eigenvalue weighted by molar-refractivity contribution is 9.10. The van der Waals surface area contributed by atoms with Gasteiger partial charge in [-0.25, -0.2) is 0 Å². The minimum Gasteiger partial charge on any atom is -0.330 e. The van der Waals surface area contributed by atoms with Crippen molar-refractivity contribution in [1.29, 1.82) is 0 Å². The normalized spacial score (nSPS) is 12.6. The number of benzene rings is 1. The molecule has 0 bridgehead atoms. The van der Waals surface area contributed by atoms with Crippen LogP contribution in [0, 0.1) is 0 Å². The lowest BCUT2D eigenvalue weighted by Gasteiger charge is -2.14. The fraction of sp³-hybridized carbons (Fsp3) is 0.286. The van der Waals surface area contributed by atoms with E-state index in [2.05, 4.69) is 57.0 Å². The van der Waals surface area contributed by atoms with E-state index in [4.69, 9.17) is 5.73 Å². The van der Waals surface area contributed by atoms with Crippen molar-refractivity contribution in [3.8, 4) is 0 Å². The standard InChI is InChI=1S/C14H16BrNS/c15-14-5-3-12(4-6-14)13(9-16)2-1-11-7-8-17-10-11/h3-8,10,13H,1-2,9,16H2. The Morgan fingerprint density at radius 2 is 1.94 bits per heavy atom. The van der Waals surface area contributed by atoms with Gasteiger partial charge in [0, 0.05) is 4.47 Å². The Hall–Kier alpha value is -0.640. The largest absolute Gasteiger partial charge is 0.330 e. The summed E-state index contributed by atoms with van der Waals surface area (Å²) in [5.41, 5.74) is 8.63. The van der Waals surface area contributed by atoms with Crippen LogP contribution in [0.25, 0.3) is 0 Å². The highest BCUT2D eigenvalue weighted by Gasteiger charge is 2.09. The van der Waals surface area contributed by atoms with Gasteiger partial charge in [0.25, 0.3) is 0 Å². The summed E-state index contributed by atoms with van der Waals surface area (Å²) in [6.45, 7) is 0.714. The van der Waals surface area contributed by atoms with E-state index in [1.54, 1.807) is 11.3 Å². The maximum Gasteiger partial charge on any atom is 0.0175 e. The molecule has 0 radical (unpaired) electrons. The molecule has 1 aromatic heterocycles. The molecule has 3 heteroatoms. The van der Waals surface area contributed by atoms with E-state index < -0.39 is 0 Å². The molecule has 0 aliphatic rings. The Labute approximate surface area is 115 Å². The maximum absolute atomic E-state index is 5.87. The van der Waals surface area contributed by atoms with Crippen molar-refractivity contribution >= 4 is 27.3 Å². The van der Waals surface area contributed by atoms with Gasteiger partial charge in [-0.15, -0.1) is 0 Å². The summed E-state index contributed by atoms with van der Waals surface area (Å²) in [5, 5.41) is 4.35. The van der Waals surface area contributed by atoms with Crippen LogP contribution >= 0.6 is 27.3 Å². The van der Waals surface area contributed by atoms with Crippen molar-refractivity contribution in [1.82, 2.24) is 0 Å². The quantitative estimate of drug-likeness (QED) is 0.880. The van der Waals surface area contributed by atoms with Gasteiger partial charge in [-0.1, -0.05) is 28.1 Å². The summed E-state index contributed by atoms with van der Waals surface area (Å²) in [5.74, 6) is 0.461. The third-order valence-corrected chi connectivity index (χ3v) is 4.25. The summed E-state index contributed by atoms with van der Waals surface area (Å²) >= 11 is 5.22. The van der Waals surface area contributed by atoms with Gasteiger partial charge >= 0.3 is 0 Å². The minimum absolute atomic E-state index is 0.461. The van der Waals surface area contributed by atoms with Gasteiger partial charge in [0.05, 0.1) is 0 Å². The molecule has 0 aliphatic heterocycles. The molecule has 0 aliphatic carbocycles. The summed E-state index contributed by atoms with van der Waals surface area (Å²) in [6.07, 6.45) is 2.23. The molecule has 0 saturated carbocycles. The summed E-state index contributed by atoms with van der Waals surface area (Å²) in [6, 6.07) is 10.7. The Balaban J connectivity index is 1.99. The van der Waals surface area contributed by atoms with E-state index in [1.165, 1.54) is 11.1 Å². The minimum atomic E-state index is 0.461. The maximum atomic E-state index is 5.87. The topological polar surface area (TPSA) is 26.0 Å². The number of rotatable bonds is 5. The predicted molar refractivity (Wildman–Crippen MR) is 78.6 cm³/mol. The third-order valence-electron chi connectivity index (χ3n) is 2.99. The molecule has 1 nitrogen and oxygen atoms in total. The first-order chi connectivity index (χ1) is 8.29. The molecule has 2 aromatic rings. The van der Waals surface area contributed by atoms with Gasteiger partial charge in [-0.3, -0.25) is 0 Å². The SMILES string of the molecule is NCC(CCc1ccsc1)c1ccc(Br)cc1. The molecule has 17 heavy (non-hydrogen) atoms. The smallest absolute Gasteiger partial charge is 0.0175 e. The summed E-state index contributed by atoms with van der Waals surface area (Å²) in [4.78, 5) is 0. The van der Waals surface area contributed by atoms with Crippen LogP contribution in [0.2, 0.25) is 0 Å². The molecule has 1 aromatic carbocycles. The summed E-state index contributed by atoms with van der Waals surface area (Å²) < 4.78 is 1.12. The number of halogens is 1. The zero-order valence-corrected chi connectivity index (χ0v) is 12.0. The van der Waals surface area contributed by atoms with Gasteiger partial charge in [-0.05, 0) is 65.4 Å². The van der Waals surface area contributed by atoms with Gasteiger partial charge in [0.1, 0.15) is 0 Å². The fourth-order valence-corrected chi connectivity index (χ4v) is 2.90. The van der Waals surface area contributed by atoms with Crippen molar-refractivity contribution in [3.63, 3.8) is 0 Å². The van der Waals surface area contributed by atoms with Gasteiger partial charge in [0.2, 0.25) is 0 Å². The van der Waals surface area contributed by atoms with E-state index in [0.29, 0.717) is 12.5 Å². The molecule has 1 atom stereocenters. The van der Waals surface area contributed by atoms with Crippen LogP contribution in [-0.2, 0) is 6.42 Å². The number of hydrogen-bond acceptors (Lipinski definition) is 2. The number of nitrogens with two attached hydrogens (primary N) is 1. The molecule has 90 valence electrons. The van der Waals surface area contributed by atoms with E-state index in [9.17, 15) is 0 Å². The van der Waals surface area contributed by atoms with Gasteiger partial charge in [-0.2, -0.15) is 11.3 Å². The lowest BCUT2D eigenvalue weighted by molar-refractivity contribution is 0.634. The fourth-order valence-electron chi connectivity index (χ4n) is 1.93. The highest BCUT2D eigenvalue weighted by Crippen LogP contribution is 2.23. The molecular formula is C14H16BrNS. The van der Waals surface area contributed by atoms with Crippen molar-refractivity contribution in [3.05, 3.63) is 56.7 Å². The molecule has 1 unspecified atom stereocenters. The van der Waals surface area contributed by atoms with Crippen molar-refractivity contribution in [2.45, 2.75) is 18.8 Å². The number of hydrogen-bond donors (Lipinski definition) is 1. The second-order valence-corrected chi connectivity index (χ2v) is 5.85. The third kappa shape index (κ3) is 3.66. The van der Waals surface area contributed by atoms with Crippen molar-refractivity contribution in [2.75, 3.05) is 6.54 Å². The summed E-state index contributed by atoms with van der Waals surface area (Å²) in [7, 11) is 0. The van der Waals surface area contributed by atoms with Gasteiger partial charge in [0.15, 0.2) is 0 Å². The van der Waals surface area contributed by atoms with Crippen LogP contribution < -0.4 is 5.73 Å². The van der Waals surface area contributed by atoms with Crippen molar-refractivity contribution < 1.29 is 0 Å². The number of aryl methyl sites for hydroxylation is 1. The zero-order chi connectivity index (χ0) is 12.1.